The fourth-order valence-electron chi connectivity index (χ4n) is 3.08. The first-order valence-electron chi connectivity index (χ1n) is 9.78. The lowest BCUT2D eigenvalue weighted by Crippen LogP contribution is -2.42. The minimum absolute atomic E-state index is 0.00955. The highest BCUT2D eigenvalue weighted by Gasteiger charge is 2.16. The Bertz CT molecular complexity index is 1230. The van der Waals surface area contributed by atoms with E-state index in [4.69, 9.17) is 0 Å². The van der Waals surface area contributed by atoms with Gasteiger partial charge in [-0.05, 0) is 24.3 Å². The maximum atomic E-state index is 13.7. The van der Waals surface area contributed by atoms with Crippen LogP contribution < -0.4 is 10.9 Å². The van der Waals surface area contributed by atoms with Crippen molar-refractivity contribution in [1.82, 2.24) is 20.4 Å². The van der Waals surface area contributed by atoms with Crippen molar-refractivity contribution in [3.05, 3.63) is 103 Å². The molecular weight excluding hydrogens is 427 g/mol. The molecule has 0 atom stereocenters. The topological polar surface area (TPSA) is 76.0 Å². The molecule has 1 heterocycles. The van der Waals surface area contributed by atoms with E-state index < -0.39 is 17.6 Å². The molecule has 0 unspecified atom stereocenters. The number of halogens is 1. The van der Waals surface area contributed by atoms with Gasteiger partial charge in [-0.15, -0.1) is 0 Å². The van der Waals surface area contributed by atoms with Crippen molar-refractivity contribution < 1.29 is 14.0 Å². The summed E-state index contributed by atoms with van der Waals surface area (Å²) in [7, 11) is 0. The first-order valence-corrected chi connectivity index (χ1v) is 10.8. The van der Waals surface area contributed by atoms with Crippen LogP contribution in [-0.2, 0) is 4.79 Å². The van der Waals surface area contributed by atoms with Gasteiger partial charge in [0, 0.05) is 11.3 Å². The summed E-state index contributed by atoms with van der Waals surface area (Å²) >= 11 is 1.23. The number of hydrazine groups is 1. The predicted molar refractivity (Wildman–Crippen MR) is 122 cm³/mol. The van der Waals surface area contributed by atoms with Crippen molar-refractivity contribution in [3.63, 3.8) is 0 Å². The minimum atomic E-state index is -0.724. The molecule has 0 fully saturated rings. The molecule has 3 aromatic carbocycles. The average Bonchev–Trinajstić information content (AvgIpc) is 3.26. The van der Waals surface area contributed by atoms with Crippen LogP contribution in [0.15, 0.2) is 96.3 Å². The third-order valence-corrected chi connectivity index (χ3v) is 5.53. The molecule has 160 valence electrons. The summed E-state index contributed by atoms with van der Waals surface area (Å²) in [6.45, 7) is 0. The second-order valence-electron chi connectivity index (χ2n) is 6.73. The summed E-state index contributed by atoms with van der Waals surface area (Å²) in [5.74, 6) is -1.82. The van der Waals surface area contributed by atoms with E-state index in [1.54, 1.807) is 12.3 Å². The van der Waals surface area contributed by atoms with Crippen LogP contribution in [0, 0.1) is 5.82 Å². The van der Waals surface area contributed by atoms with Crippen molar-refractivity contribution in [1.29, 1.82) is 0 Å². The van der Waals surface area contributed by atoms with E-state index in [1.807, 2.05) is 65.2 Å². The first kappa shape index (κ1) is 21.3. The van der Waals surface area contributed by atoms with E-state index >= 15 is 0 Å². The number of benzene rings is 3. The van der Waals surface area contributed by atoms with Crippen molar-refractivity contribution >= 4 is 23.6 Å². The third kappa shape index (κ3) is 4.87. The molecule has 2 amide bonds. The van der Waals surface area contributed by atoms with Gasteiger partial charge >= 0.3 is 0 Å². The van der Waals surface area contributed by atoms with E-state index in [-0.39, 0.29) is 11.3 Å². The number of hydrogen-bond acceptors (Lipinski definition) is 4. The van der Waals surface area contributed by atoms with Crippen LogP contribution in [0.5, 0.6) is 0 Å². The lowest BCUT2D eigenvalue weighted by molar-refractivity contribution is -0.119. The number of nitrogens with zero attached hydrogens (tertiary/aromatic N) is 2. The van der Waals surface area contributed by atoms with Gasteiger partial charge in [0.05, 0.1) is 23.2 Å². The molecule has 0 saturated heterocycles. The zero-order chi connectivity index (χ0) is 22.3. The standard InChI is InChI=1S/C24H19FN4O2S/c25-20-14-8-7-13-19(20)23(31)28-27-22(30)16-32-24-26-15-21(17-9-3-1-4-10-17)29(24)18-11-5-2-6-12-18/h1-15H,16H2,(H,27,30)(H,28,31). The Morgan fingerprint density at radius 3 is 2.25 bits per heavy atom. The fourth-order valence-corrected chi connectivity index (χ4v) is 3.87. The Kier molecular flexibility index (Phi) is 6.62. The summed E-state index contributed by atoms with van der Waals surface area (Å²) in [6.07, 6.45) is 1.77. The van der Waals surface area contributed by atoms with Crippen LogP contribution >= 0.6 is 11.8 Å². The molecule has 4 rings (SSSR count). The molecule has 8 heteroatoms. The maximum Gasteiger partial charge on any atom is 0.272 e. The van der Waals surface area contributed by atoms with Crippen LogP contribution in [0.25, 0.3) is 16.9 Å². The molecule has 0 aliphatic rings. The Hall–Kier alpha value is -3.91. The number of amides is 2. The molecule has 0 radical (unpaired) electrons. The highest BCUT2D eigenvalue weighted by atomic mass is 32.2. The molecule has 0 aliphatic heterocycles. The highest BCUT2D eigenvalue weighted by molar-refractivity contribution is 7.99. The second-order valence-corrected chi connectivity index (χ2v) is 7.68. The maximum absolute atomic E-state index is 13.7. The summed E-state index contributed by atoms with van der Waals surface area (Å²) in [5.41, 5.74) is 7.21. The predicted octanol–water partition coefficient (Wildman–Crippen LogP) is 4.23. The van der Waals surface area contributed by atoms with Crippen LogP contribution in [0.1, 0.15) is 10.4 Å². The quantitative estimate of drug-likeness (QED) is 0.343. The molecule has 0 spiro atoms. The first-order chi connectivity index (χ1) is 15.6. The fraction of sp³-hybridized carbons (Fsp3) is 0.0417. The van der Waals surface area contributed by atoms with Gasteiger partial charge in [-0.2, -0.15) is 0 Å². The number of nitrogens with one attached hydrogen (secondary N) is 2. The molecule has 0 aliphatic carbocycles. The molecule has 4 aromatic rings. The van der Waals surface area contributed by atoms with Crippen LogP contribution in [0.3, 0.4) is 0 Å². The number of rotatable bonds is 6. The Balaban J connectivity index is 1.46. The van der Waals surface area contributed by atoms with Crippen molar-refractivity contribution in [3.8, 4) is 16.9 Å². The number of carbonyl (C=O) groups excluding carboxylic acids is 2. The van der Waals surface area contributed by atoms with E-state index in [2.05, 4.69) is 15.8 Å². The van der Waals surface area contributed by atoms with Crippen LogP contribution in [0.4, 0.5) is 4.39 Å². The number of thioether (sulfide) groups is 1. The van der Waals surface area contributed by atoms with Gasteiger partial charge in [-0.25, -0.2) is 9.37 Å². The zero-order valence-electron chi connectivity index (χ0n) is 16.9. The van der Waals surface area contributed by atoms with Gasteiger partial charge < -0.3 is 0 Å². The molecule has 0 saturated carbocycles. The monoisotopic (exact) mass is 446 g/mol. The van der Waals surface area contributed by atoms with Crippen molar-refractivity contribution in [2.45, 2.75) is 5.16 Å². The van der Waals surface area contributed by atoms with Crippen molar-refractivity contribution in [2.75, 3.05) is 5.75 Å². The summed E-state index contributed by atoms with van der Waals surface area (Å²) in [6, 6.07) is 25.1. The Morgan fingerprint density at radius 2 is 1.53 bits per heavy atom. The van der Waals surface area contributed by atoms with E-state index in [9.17, 15) is 14.0 Å². The number of carbonyl (C=O) groups is 2. The SMILES string of the molecule is O=C(CSc1ncc(-c2ccccc2)n1-c1ccccc1)NNC(=O)c1ccccc1F. The smallest absolute Gasteiger partial charge is 0.272 e. The summed E-state index contributed by atoms with van der Waals surface area (Å²) < 4.78 is 15.7. The van der Waals surface area contributed by atoms with Gasteiger partial charge in [0.1, 0.15) is 5.82 Å². The third-order valence-electron chi connectivity index (χ3n) is 4.58. The van der Waals surface area contributed by atoms with Crippen LogP contribution in [-0.4, -0.2) is 27.1 Å². The number of aromatic nitrogens is 2. The number of para-hydroxylation sites is 1. The average molecular weight is 447 g/mol. The van der Waals surface area contributed by atoms with Gasteiger partial charge in [-0.1, -0.05) is 72.4 Å². The lowest BCUT2D eigenvalue weighted by Gasteiger charge is -2.12. The summed E-state index contributed by atoms with van der Waals surface area (Å²) in [5, 5.41) is 0.630. The Morgan fingerprint density at radius 1 is 0.875 bits per heavy atom. The van der Waals surface area contributed by atoms with E-state index in [1.165, 1.54) is 30.0 Å². The summed E-state index contributed by atoms with van der Waals surface area (Å²) in [4.78, 5) is 28.8. The van der Waals surface area contributed by atoms with E-state index in [0.29, 0.717) is 5.16 Å². The second kappa shape index (κ2) is 9.93. The highest BCUT2D eigenvalue weighted by Crippen LogP contribution is 2.29. The Labute approximate surface area is 188 Å². The van der Waals surface area contributed by atoms with Gasteiger partial charge in [0.2, 0.25) is 5.91 Å². The van der Waals surface area contributed by atoms with Crippen LogP contribution in [0.2, 0.25) is 0 Å². The molecule has 32 heavy (non-hydrogen) atoms. The molecule has 1 aromatic heterocycles. The number of imidazole rings is 1. The molecule has 0 bridgehead atoms. The lowest BCUT2D eigenvalue weighted by atomic mass is 10.1. The number of hydrogen-bond donors (Lipinski definition) is 2. The van der Waals surface area contributed by atoms with Gasteiger partial charge in [0.25, 0.3) is 5.91 Å². The van der Waals surface area contributed by atoms with Gasteiger partial charge in [0.15, 0.2) is 5.16 Å². The minimum Gasteiger partial charge on any atom is -0.287 e. The van der Waals surface area contributed by atoms with E-state index in [0.717, 1.165) is 16.9 Å². The van der Waals surface area contributed by atoms with Gasteiger partial charge in [-0.3, -0.25) is 25.0 Å². The normalized spacial score (nSPS) is 10.5. The molecular formula is C24H19FN4O2S. The largest absolute Gasteiger partial charge is 0.287 e. The van der Waals surface area contributed by atoms with Crippen molar-refractivity contribution in [2.24, 2.45) is 0 Å². The zero-order valence-corrected chi connectivity index (χ0v) is 17.7. The molecule has 2 N–H and O–H groups in total. The molecule has 6 nitrogen and oxygen atoms in total.